The monoisotopic (exact) mass is 287 g/mol. The normalized spacial score (nSPS) is 10.5. The molecule has 0 amide bonds. The molecule has 0 aromatic heterocycles. The predicted molar refractivity (Wildman–Crippen MR) is 70.4 cm³/mol. The number of benzene rings is 2. The van der Waals surface area contributed by atoms with E-state index in [0.717, 1.165) is 5.56 Å². The molecule has 1 N–H and O–H groups in total. The van der Waals surface area contributed by atoms with Gasteiger partial charge in [-0.05, 0) is 17.7 Å². The number of para-hydroxylation sites is 1. The summed E-state index contributed by atoms with van der Waals surface area (Å²) in [4.78, 5) is 0. The molecule has 0 aliphatic rings. The van der Waals surface area contributed by atoms with Crippen molar-refractivity contribution in [2.45, 2.75) is 6.54 Å². The van der Waals surface area contributed by atoms with Crippen molar-refractivity contribution in [1.29, 1.82) is 0 Å². The summed E-state index contributed by atoms with van der Waals surface area (Å²) in [6, 6.07) is 17.6. The Morgan fingerprint density at radius 3 is 2.05 bits per heavy atom. The molecular formula is C13H14NNaO3S. The maximum Gasteiger partial charge on any atom is 1.00 e. The number of hydrogen-bond acceptors (Lipinski definition) is 3. The van der Waals surface area contributed by atoms with Crippen LogP contribution in [0.5, 0.6) is 5.75 Å². The molecule has 96 valence electrons. The van der Waals surface area contributed by atoms with E-state index in [1.807, 2.05) is 30.3 Å². The van der Waals surface area contributed by atoms with Crippen LogP contribution in [0.2, 0.25) is 0 Å². The minimum absolute atomic E-state index is 0. The van der Waals surface area contributed by atoms with Crippen molar-refractivity contribution >= 4 is 10.3 Å². The van der Waals surface area contributed by atoms with Crippen LogP contribution in [0.3, 0.4) is 0 Å². The predicted octanol–water partition coefficient (Wildman–Crippen LogP) is -0.783. The molecule has 0 aliphatic carbocycles. The fourth-order valence-electron chi connectivity index (χ4n) is 1.40. The number of rotatable bonds is 5. The topological polar surface area (TPSA) is 55.4 Å². The van der Waals surface area contributed by atoms with Gasteiger partial charge < -0.3 is 5.61 Å². The molecule has 0 saturated carbocycles. The maximum atomic E-state index is 11.6. The molecule has 2 rings (SSSR count). The zero-order chi connectivity index (χ0) is 12.8. The molecule has 0 unspecified atom stereocenters. The molecule has 0 aliphatic heterocycles. The van der Waals surface area contributed by atoms with Gasteiger partial charge in [0.05, 0.1) is 0 Å². The molecule has 2 aromatic rings. The second kappa shape index (κ2) is 7.67. The third-order valence-corrected chi connectivity index (χ3v) is 3.15. The van der Waals surface area contributed by atoms with Gasteiger partial charge in [0.2, 0.25) is 0 Å². The maximum absolute atomic E-state index is 11.6. The minimum Gasteiger partial charge on any atom is -1.00 e. The summed E-state index contributed by atoms with van der Waals surface area (Å²) in [6.07, 6.45) is 0. The standard InChI is InChI=1S/C13H13NO3S.Na.H/c15-18(16,17-13-9-5-2-6-10-13)14-11-12-7-3-1-4-8-12;;/h1-10,14H,11H2;;/q;+1;-1. The quantitative estimate of drug-likeness (QED) is 0.734. The first kappa shape index (κ1) is 16.2. The molecule has 6 heteroatoms. The molecular weight excluding hydrogens is 273 g/mol. The zero-order valence-electron chi connectivity index (χ0n) is 11.6. The van der Waals surface area contributed by atoms with E-state index in [9.17, 15) is 8.42 Å². The van der Waals surface area contributed by atoms with Gasteiger partial charge >= 0.3 is 39.9 Å². The summed E-state index contributed by atoms with van der Waals surface area (Å²) in [5.41, 5.74) is 0.873. The van der Waals surface area contributed by atoms with Gasteiger partial charge in [-0.15, -0.1) is 0 Å². The van der Waals surface area contributed by atoms with E-state index >= 15 is 0 Å². The third kappa shape index (κ3) is 5.76. The summed E-state index contributed by atoms with van der Waals surface area (Å²) in [5.74, 6) is 0.290. The average molecular weight is 287 g/mol. The van der Waals surface area contributed by atoms with Gasteiger partial charge in [0.15, 0.2) is 0 Å². The number of nitrogens with one attached hydrogen (secondary N) is 1. The van der Waals surface area contributed by atoms with E-state index in [0.29, 0.717) is 0 Å². The molecule has 4 nitrogen and oxygen atoms in total. The van der Waals surface area contributed by atoms with Crippen LogP contribution in [-0.2, 0) is 16.8 Å². The molecule has 0 bridgehead atoms. The zero-order valence-corrected chi connectivity index (χ0v) is 13.4. The minimum atomic E-state index is -3.78. The molecule has 0 atom stereocenters. The van der Waals surface area contributed by atoms with Crippen LogP contribution in [0.1, 0.15) is 6.99 Å². The van der Waals surface area contributed by atoms with Gasteiger partial charge in [0, 0.05) is 6.54 Å². The van der Waals surface area contributed by atoms with E-state index in [2.05, 4.69) is 4.72 Å². The number of hydrogen-bond donors (Lipinski definition) is 1. The Bertz CT molecular complexity index is 594. The van der Waals surface area contributed by atoms with Crippen molar-refractivity contribution in [3.8, 4) is 5.75 Å². The summed E-state index contributed by atoms with van der Waals surface area (Å²) < 4.78 is 30.5. The van der Waals surface area contributed by atoms with Gasteiger partial charge in [-0.3, -0.25) is 0 Å². The third-order valence-electron chi connectivity index (χ3n) is 2.25. The van der Waals surface area contributed by atoms with Crippen LogP contribution in [0.4, 0.5) is 0 Å². The van der Waals surface area contributed by atoms with E-state index in [1.54, 1.807) is 30.3 Å². The van der Waals surface area contributed by atoms with Crippen molar-refractivity contribution in [1.82, 2.24) is 4.72 Å². The van der Waals surface area contributed by atoms with Gasteiger partial charge in [-0.1, -0.05) is 48.5 Å². The van der Waals surface area contributed by atoms with Gasteiger partial charge in [0.1, 0.15) is 5.75 Å². The van der Waals surface area contributed by atoms with Gasteiger partial charge in [-0.25, -0.2) is 0 Å². The van der Waals surface area contributed by atoms with Crippen LogP contribution in [0, 0.1) is 0 Å². The Morgan fingerprint density at radius 2 is 1.47 bits per heavy atom. The van der Waals surface area contributed by atoms with Crippen molar-refractivity contribution < 1.29 is 43.6 Å². The van der Waals surface area contributed by atoms with E-state index in [-0.39, 0.29) is 43.3 Å². The molecule has 0 fully saturated rings. The fourth-order valence-corrected chi connectivity index (χ4v) is 2.17. The molecule has 0 spiro atoms. The van der Waals surface area contributed by atoms with Gasteiger partial charge in [0.25, 0.3) is 0 Å². The SMILES string of the molecule is O=S(=O)(NCc1ccccc1)Oc1ccccc1.[H-].[Na+]. The van der Waals surface area contributed by atoms with E-state index in [4.69, 9.17) is 4.18 Å². The van der Waals surface area contributed by atoms with Crippen molar-refractivity contribution in [2.24, 2.45) is 0 Å². The molecule has 0 saturated heterocycles. The molecule has 0 heterocycles. The smallest absolute Gasteiger partial charge is 1.00 e. The molecule has 0 radical (unpaired) electrons. The molecule has 19 heavy (non-hydrogen) atoms. The average Bonchev–Trinajstić information content (AvgIpc) is 2.38. The van der Waals surface area contributed by atoms with Crippen molar-refractivity contribution in [3.63, 3.8) is 0 Å². The van der Waals surface area contributed by atoms with Gasteiger partial charge in [-0.2, -0.15) is 13.1 Å². The first-order valence-corrected chi connectivity index (χ1v) is 6.84. The summed E-state index contributed by atoms with van der Waals surface area (Å²) in [7, 11) is -3.78. The Labute approximate surface area is 136 Å². The van der Waals surface area contributed by atoms with Crippen molar-refractivity contribution in [2.75, 3.05) is 0 Å². The van der Waals surface area contributed by atoms with Crippen LogP contribution in [-0.4, -0.2) is 8.42 Å². The second-order valence-electron chi connectivity index (χ2n) is 3.66. The first-order valence-electron chi connectivity index (χ1n) is 5.44. The van der Waals surface area contributed by atoms with Crippen LogP contribution >= 0.6 is 0 Å². The Hall–Kier alpha value is -0.850. The van der Waals surface area contributed by atoms with Crippen LogP contribution in [0.15, 0.2) is 60.7 Å². The summed E-state index contributed by atoms with van der Waals surface area (Å²) in [5, 5.41) is 0. The first-order chi connectivity index (χ1) is 8.66. The van der Waals surface area contributed by atoms with E-state index < -0.39 is 10.3 Å². The Balaban J connectivity index is 0.00000180. The van der Waals surface area contributed by atoms with Crippen molar-refractivity contribution in [3.05, 3.63) is 66.2 Å². The Kier molecular flexibility index (Phi) is 6.54. The summed E-state index contributed by atoms with van der Waals surface area (Å²) in [6.45, 7) is 0.204. The van der Waals surface area contributed by atoms with Crippen LogP contribution < -0.4 is 38.5 Å². The second-order valence-corrected chi connectivity index (χ2v) is 5.02. The largest absolute Gasteiger partial charge is 1.00 e. The summed E-state index contributed by atoms with van der Waals surface area (Å²) >= 11 is 0. The Morgan fingerprint density at radius 1 is 0.947 bits per heavy atom. The van der Waals surface area contributed by atoms with E-state index in [1.165, 1.54) is 0 Å². The molecule has 2 aromatic carbocycles. The fraction of sp³-hybridized carbons (Fsp3) is 0.0769. The van der Waals surface area contributed by atoms with Crippen LogP contribution in [0.25, 0.3) is 0 Å².